The van der Waals surface area contributed by atoms with E-state index in [0.29, 0.717) is 0 Å². The first-order valence-electron chi connectivity index (χ1n) is 13.6. The highest BCUT2D eigenvalue weighted by atomic mass is 35.5. The van der Waals surface area contributed by atoms with Gasteiger partial charge >= 0.3 is 0 Å². The maximum Gasteiger partial charge on any atom is 0.0553 e. The highest BCUT2D eigenvalue weighted by Gasteiger charge is 2.22. The lowest BCUT2D eigenvalue weighted by Crippen LogP contribution is -2.21. The van der Waals surface area contributed by atoms with Crippen LogP contribution >= 0.6 is 23.4 Å². The van der Waals surface area contributed by atoms with Crippen LogP contribution in [0.15, 0.2) is 52.3 Å². The van der Waals surface area contributed by atoms with Crippen molar-refractivity contribution in [2.24, 2.45) is 0 Å². The number of hydrogen-bond donors (Lipinski definition) is 0. The summed E-state index contributed by atoms with van der Waals surface area (Å²) >= 11 is 8.11. The smallest absolute Gasteiger partial charge is 0.0553 e. The molecule has 1 aliphatic heterocycles. The SMILES string of the molecule is CCCCCCCCCCCCCCCCCCN1c2ccccc2Sc2cc(Cl)ccc21. The third kappa shape index (κ3) is 9.21. The number of benzene rings is 2. The maximum absolute atomic E-state index is 6.27. The van der Waals surface area contributed by atoms with Crippen molar-refractivity contribution in [3.63, 3.8) is 0 Å². The molecule has 0 aliphatic carbocycles. The van der Waals surface area contributed by atoms with E-state index in [1.807, 2.05) is 17.8 Å². The number of fused-ring (bicyclic) bond motifs is 2. The number of unbranched alkanes of at least 4 members (excludes halogenated alkanes) is 15. The van der Waals surface area contributed by atoms with Gasteiger partial charge in [0.05, 0.1) is 11.4 Å². The average Bonchev–Trinajstić information content (AvgIpc) is 2.83. The van der Waals surface area contributed by atoms with Gasteiger partial charge in [0.15, 0.2) is 0 Å². The largest absolute Gasteiger partial charge is 0.340 e. The first-order valence-corrected chi connectivity index (χ1v) is 14.8. The van der Waals surface area contributed by atoms with Gasteiger partial charge in [0, 0.05) is 21.4 Å². The second kappa shape index (κ2) is 15.7. The molecule has 0 aromatic heterocycles. The van der Waals surface area contributed by atoms with Crippen LogP contribution in [0.2, 0.25) is 5.02 Å². The molecule has 0 radical (unpaired) electrons. The number of para-hydroxylation sites is 1. The zero-order chi connectivity index (χ0) is 23.1. The van der Waals surface area contributed by atoms with Crippen LogP contribution in [-0.4, -0.2) is 6.54 Å². The monoisotopic (exact) mass is 485 g/mol. The van der Waals surface area contributed by atoms with E-state index in [9.17, 15) is 0 Å². The Morgan fingerprint density at radius 1 is 0.606 bits per heavy atom. The molecule has 3 rings (SSSR count). The van der Waals surface area contributed by atoms with Gasteiger partial charge in [-0.05, 0) is 36.8 Å². The summed E-state index contributed by atoms with van der Waals surface area (Å²) in [6.45, 7) is 3.38. The molecule has 0 unspecified atom stereocenters. The standard InChI is InChI=1S/C30H44ClNS/c1-2-3-4-5-6-7-8-9-10-11-12-13-14-15-16-19-24-32-27-20-17-18-21-29(27)33-30-25-26(31)22-23-28(30)32/h17-18,20-23,25H,2-16,19,24H2,1H3. The third-order valence-corrected chi connectivity index (χ3v) is 8.17. The van der Waals surface area contributed by atoms with Gasteiger partial charge in [-0.3, -0.25) is 0 Å². The fourth-order valence-corrected chi connectivity index (χ4v) is 6.24. The van der Waals surface area contributed by atoms with Gasteiger partial charge in [0.2, 0.25) is 0 Å². The normalized spacial score (nSPS) is 12.6. The van der Waals surface area contributed by atoms with E-state index < -0.39 is 0 Å². The Hall–Kier alpha value is -1.12. The van der Waals surface area contributed by atoms with Gasteiger partial charge in [-0.15, -0.1) is 0 Å². The predicted octanol–water partition coefficient (Wildman–Crippen LogP) is 11.2. The van der Waals surface area contributed by atoms with E-state index in [4.69, 9.17) is 11.6 Å². The van der Waals surface area contributed by atoms with Crippen molar-refractivity contribution in [2.45, 2.75) is 119 Å². The number of rotatable bonds is 17. The molecule has 33 heavy (non-hydrogen) atoms. The van der Waals surface area contributed by atoms with Gasteiger partial charge in [0.25, 0.3) is 0 Å². The van der Waals surface area contributed by atoms with E-state index >= 15 is 0 Å². The molecule has 0 atom stereocenters. The van der Waals surface area contributed by atoms with Crippen LogP contribution in [0.5, 0.6) is 0 Å². The third-order valence-electron chi connectivity index (χ3n) is 6.82. The minimum Gasteiger partial charge on any atom is -0.340 e. The molecular weight excluding hydrogens is 442 g/mol. The molecule has 3 heteroatoms. The van der Waals surface area contributed by atoms with Crippen molar-refractivity contribution >= 4 is 34.7 Å². The molecule has 0 saturated carbocycles. The maximum atomic E-state index is 6.27. The fourth-order valence-electron chi connectivity index (χ4n) is 4.87. The molecule has 1 nitrogen and oxygen atoms in total. The number of anilines is 2. The van der Waals surface area contributed by atoms with Crippen molar-refractivity contribution in [1.82, 2.24) is 0 Å². The second-order valence-electron chi connectivity index (χ2n) is 9.64. The topological polar surface area (TPSA) is 3.24 Å². The lowest BCUT2D eigenvalue weighted by molar-refractivity contribution is 0.530. The first kappa shape index (κ1) is 26.5. The van der Waals surface area contributed by atoms with Gasteiger partial charge in [-0.2, -0.15) is 0 Å². The molecule has 0 saturated heterocycles. The van der Waals surface area contributed by atoms with Crippen molar-refractivity contribution in [3.8, 4) is 0 Å². The average molecular weight is 486 g/mol. The number of nitrogens with zero attached hydrogens (tertiary/aromatic N) is 1. The molecule has 2 aromatic rings. The van der Waals surface area contributed by atoms with Crippen LogP contribution in [0.4, 0.5) is 11.4 Å². The Morgan fingerprint density at radius 2 is 1.12 bits per heavy atom. The van der Waals surface area contributed by atoms with Crippen LogP contribution < -0.4 is 4.90 Å². The van der Waals surface area contributed by atoms with E-state index in [2.05, 4.69) is 48.2 Å². The molecule has 2 aromatic carbocycles. The van der Waals surface area contributed by atoms with Gasteiger partial charge < -0.3 is 4.90 Å². The Balaban J connectivity index is 1.24. The molecule has 182 valence electrons. The summed E-state index contributed by atoms with van der Waals surface area (Å²) < 4.78 is 0. The Morgan fingerprint density at radius 3 is 1.73 bits per heavy atom. The van der Waals surface area contributed by atoms with Gasteiger partial charge in [0.1, 0.15) is 0 Å². The van der Waals surface area contributed by atoms with E-state index in [1.54, 1.807) is 0 Å². The zero-order valence-corrected chi connectivity index (χ0v) is 22.4. The van der Waals surface area contributed by atoms with Crippen LogP contribution in [0.25, 0.3) is 0 Å². The summed E-state index contributed by atoms with van der Waals surface area (Å²) in [4.78, 5) is 5.11. The molecule has 0 bridgehead atoms. The van der Waals surface area contributed by atoms with Crippen LogP contribution in [0, 0.1) is 0 Å². The number of hydrogen-bond acceptors (Lipinski definition) is 2. The molecule has 0 N–H and O–H groups in total. The first-order chi connectivity index (χ1) is 16.3. The molecule has 0 spiro atoms. The zero-order valence-electron chi connectivity index (χ0n) is 20.8. The second-order valence-corrected chi connectivity index (χ2v) is 11.2. The molecule has 1 aliphatic rings. The predicted molar refractivity (Wildman–Crippen MR) is 149 cm³/mol. The minimum absolute atomic E-state index is 0.822. The number of halogens is 1. The summed E-state index contributed by atoms with van der Waals surface area (Å²) in [5.41, 5.74) is 2.65. The highest BCUT2D eigenvalue weighted by molar-refractivity contribution is 7.99. The lowest BCUT2D eigenvalue weighted by atomic mass is 10.0. The van der Waals surface area contributed by atoms with Crippen molar-refractivity contribution in [1.29, 1.82) is 0 Å². The summed E-state index contributed by atoms with van der Waals surface area (Å²) in [5, 5.41) is 0.822. The van der Waals surface area contributed by atoms with E-state index in [0.717, 1.165) is 11.6 Å². The van der Waals surface area contributed by atoms with Gasteiger partial charge in [-0.25, -0.2) is 0 Å². The minimum atomic E-state index is 0.822. The van der Waals surface area contributed by atoms with E-state index in [1.165, 1.54) is 124 Å². The molecule has 0 fully saturated rings. The van der Waals surface area contributed by atoms with Crippen molar-refractivity contribution < 1.29 is 0 Å². The Labute approximate surface area is 212 Å². The summed E-state index contributed by atoms with van der Waals surface area (Å²) in [6.07, 6.45) is 22.6. The summed E-state index contributed by atoms with van der Waals surface area (Å²) in [7, 11) is 0. The van der Waals surface area contributed by atoms with Crippen LogP contribution in [0.3, 0.4) is 0 Å². The molecule has 1 heterocycles. The molecule has 0 amide bonds. The highest BCUT2D eigenvalue weighted by Crippen LogP contribution is 2.48. The van der Waals surface area contributed by atoms with Crippen LogP contribution in [0.1, 0.15) is 110 Å². The Kier molecular flexibility index (Phi) is 12.6. The fraction of sp³-hybridized carbons (Fsp3) is 0.600. The van der Waals surface area contributed by atoms with Crippen molar-refractivity contribution in [3.05, 3.63) is 47.5 Å². The Bertz CT molecular complexity index is 806. The van der Waals surface area contributed by atoms with E-state index in [-0.39, 0.29) is 0 Å². The quantitative estimate of drug-likeness (QED) is 0.205. The molecular formula is C30H44ClNS. The van der Waals surface area contributed by atoms with Crippen LogP contribution in [-0.2, 0) is 0 Å². The lowest BCUT2D eigenvalue weighted by Gasteiger charge is -2.33. The summed E-state index contributed by atoms with van der Waals surface area (Å²) in [5.74, 6) is 0. The summed E-state index contributed by atoms with van der Waals surface area (Å²) in [6, 6.07) is 15.1. The van der Waals surface area contributed by atoms with Gasteiger partial charge in [-0.1, -0.05) is 139 Å². The van der Waals surface area contributed by atoms with Crippen molar-refractivity contribution in [2.75, 3.05) is 11.4 Å².